The van der Waals surface area contributed by atoms with Crippen LogP contribution in [0, 0.1) is 0 Å². The second-order valence-corrected chi connectivity index (χ2v) is 8.76. The molecule has 30 heavy (non-hydrogen) atoms. The largest absolute Gasteiger partial charge is 0.480 e. The number of aldehydes is 1. The first-order chi connectivity index (χ1) is 14.3. The first-order valence-electron chi connectivity index (χ1n) is 9.84. The van der Waals surface area contributed by atoms with Crippen LogP contribution in [0.5, 0.6) is 11.5 Å². The Kier molecular flexibility index (Phi) is 8.56. The van der Waals surface area contributed by atoms with Gasteiger partial charge in [0.05, 0.1) is 0 Å². The number of unbranched alkanes of at least 4 members (excludes halogenated alkanes) is 1. The Labute approximate surface area is 177 Å². The molecular weight excluding hydrogens is 406 g/mol. The van der Waals surface area contributed by atoms with Gasteiger partial charge in [-0.3, -0.25) is 4.79 Å². The highest BCUT2D eigenvalue weighted by Crippen LogP contribution is 2.30. The molecule has 0 bridgehead atoms. The number of ether oxygens (including phenoxy) is 1. The monoisotopic (exact) mass is 433 g/mol. The quantitative estimate of drug-likeness (QED) is 0.488. The van der Waals surface area contributed by atoms with Crippen molar-refractivity contribution in [2.24, 2.45) is 0 Å². The molecule has 2 atom stereocenters. The van der Waals surface area contributed by atoms with Crippen LogP contribution in [0.2, 0.25) is 0 Å². The first-order valence-corrected chi connectivity index (χ1v) is 11.3. The summed E-state index contributed by atoms with van der Waals surface area (Å²) in [4.78, 5) is 21.7. The highest BCUT2D eigenvalue weighted by atomic mass is 32.2. The van der Waals surface area contributed by atoms with Crippen LogP contribution in [-0.4, -0.2) is 31.8 Å². The molecule has 0 aliphatic carbocycles. The Morgan fingerprint density at radius 1 is 1.17 bits per heavy atom. The van der Waals surface area contributed by atoms with Gasteiger partial charge in [0.1, 0.15) is 28.7 Å². The third-order valence-corrected chi connectivity index (χ3v) is 6.24. The molecule has 0 saturated carbocycles. The molecule has 0 aliphatic rings. The molecule has 0 amide bonds. The summed E-state index contributed by atoms with van der Waals surface area (Å²) >= 11 is 0. The zero-order chi connectivity index (χ0) is 22.1. The minimum absolute atomic E-state index is 0.0621. The van der Waals surface area contributed by atoms with Crippen LogP contribution in [-0.2, 0) is 19.6 Å². The second kappa shape index (κ2) is 10.9. The third kappa shape index (κ3) is 6.40. The summed E-state index contributed by atoms with van der Waals surface area (Å²) in [5.41, 5.74) is 1.18. The molecule has 2 rings (SSSR count). The maximum Gasteiger partial charge on any atom is 0.322 e. The van der Waals surface area contributed by atoms with Crippen LogP contribution in [0.1, 0.15) is 51.0 Å². The molecule has 0 spiro atoms. The molecule has 2 unspecified atom stereocenters. The lowest BCUT2D eigenvalue weighted by molar-refractivity contribution is -0.139. The van der Waals surface area contributed by atoms with Crippen LogP contribution in [0.25, 0.3) is 0 Å². The molecule has 2 aromatic carbocycles. The van der Waals surface area contributed by atoms with Gasteiger partial charge in [-0.1, -0.05) is 51.0 Å². The van der Waals surface area contributed by atoms with Crippen molar-refractivity contribution in [2.75, 3.05) is 0 Å². The molecule has 0 radical (unpaired) electrons. The van der Waals surface area contributed by atoms with Crippen molar-refractivity contribution >= 4 is 22.3 Å². The van der Waals surface area contributed by atoms with Gasteiger partial charge in [0.15, 0.2) is 0 Å². The van der Waals surface area contributed by atoms with E-state index in [0.29, 0.717) is 18.0 Å². The number of hydrogen-bond donors (Lipinski definition) is 2. The molecule has 0 aliphatic heterocycles. The smallest absolute Gasteiger partial charge is 0.322 e. The number of nitrogens with one attached hydrogen (secondary N) is 1. The van der Waals surface area contributed by atoms with E-state index in [0.717, 1.165) is 19.3 Å². The molecule has 7 nitrogen and oxygen atoms in total. The molecule has 162 valence electrons. The van der Waals surface area contributed by atoms with Crippen LogP contribution >= 0.6 is 0 Å². The predicted octanol–water partition coefficient (Wildman–Crippen LogP) is 4.09. The lowest BCUT2D eigenvalue weighted by Crippen LogP contribution is -2.41. The molecule has 8 heteroatoms. The molecule has 0 fully saturated rings. The van der Waals surface area contributed by atoms with Gasteiger partial charge in [-0.2, -0.15) is 4.72 Å². The summed E-state index contributed by atoms with van der Waals surface area (Å²) < 4.78 is 33.2. The summed E-state index contributed by atoms with van der Waals surface area (Å²) in [6.45, 7) is 4.32. The van der Waals surface area contributed by atoms with E-state index in [1.165, 1.54) is 23.8 Å². The number of benzene rings is 2. The fourth-order valence-corrected chi connectivity index (χ4v) is 4.30. The summed E-state index contributed by atoms with van der Waals surface area (Å²) in [5.74, 6) is -0.489. The number of rotatable bonds is 12. The summed E-state index contributed by atoms with van der Waals surface area (Å²) in [5, 5.41) is 9.13. The third-order valence-electron chi connectivity index (χ3n) is 4.73. The zero-order valence-electron chi connectivity index (χ0n) is 17.1. The maximum absolute atomic E-state index is 12.7. The van der Waals surface area contributed by atoms with Gasteiger partial charge in [-0.25, -0.2) is 8.42 Å². The van der Waals surface area contributed by atoms with Crippen molar-refractivity contribution in [1.82, 2.24) is 4.72 Å². The number of carboxylic acid groups (broad SMARTS) is 1. The van der Waals surface area contributed by atoms with Crippen molar-refractivity contribution in [1.29, 1.82) is 0 Å². The van der Waals surface area contributed by atoms with Crippen molar-refractivity contribution in [3.05, 3.63) is 54.1 Å². The Balaban J connectivity index is 2.22. The minimum Gasteiger partial charge on any atom is -0.480 e. The summed E-state index contributed by atoms with van der Waals surface area (Å²) in [7, 11) is -4.22. The number of para-hydroxylation sites is 1. The van der Waals surface area contributed by atoms with Crippen LogP contribution in [0.3, 0.4) is 0 Å². The Bertz CT molecular complexity index is 956. The Hall–Kier alpha value is -2.71. The number of carbonyl (C=O) groups excluding carboxylic acids is 1. The summed E-state index contributed by atoms with van der Waals surface area (Å²) in [6, 6.07) is 11.9. The SMILES string of the molecule is CCCCC(C)c1ccc(Oc2ccccc2S(=O)(=O)NC(CC=O)C(=O)O)cc1. The fraction of sp³-hybridized carbons (Fsp3) is 0.364. The highest BCUT2D eigenvalue weighted by Gasteiger charge is 2.27. The van der Waals surface area contributed by atoms with Gasteiger partial charge in [0.2, 0.25) is 10.0 Å². The average molecular weight is 434 g/mol. The van der Waals surface area contributed by atoms with Gasteiger partial charge in [0, 0.05) is 6.42 Å². The van der Waals surface area contributed by atoms with Gasteiger partial charge in [-0.15, -0.1) is 0 Å². The van der Waals surface area contributed by atoms with E-state index in [4.69, 9.17) is 9.84 Å². The maximum atomic E-state index is 12.7. The van der Waals surface area contributed by atoms with Crippen LogP contribution in [0.4, 0.5) is 0 Å². The number of carboxylic acids is 1. The van der Waals surface area contributed by atoms with Gasteiger partial charge >= 0.3 is 5.97 Å². The molecule has 0 heterocycles. The van der Waals surface area contributed by atoms with Gasteiger partial charge in [-0.05, 0) is 42.2 Å². The van der Waals surface area contributed by atoms with Crippen LogP contribution < -0.4 is 9.46 Å². The van der Waals surface area contributed by atoms with E-state index in [1.807, 2.05) is 16.9 Å². The lowest BCUT2D eigenvalue weighted by atomic mass is 9.96. The van der Waals surface area contributed by atoms with Crippen LogP contribution in [0.15, 0.2) is 53.4 Å². The second-order valence-electron chi connectivity index (χ2n) is 7.08. The van der Waals surface area contributed by atoms with E-state index >= 15 is 0 Å². The fourth-order valence-electron chi connectivity index (χ4n) is 2.97. The molecular formula is C22H27NO6S. The minimum atomic E-state index is -4.22. The van der Waals surface area contributed by atoms with E-state index < -0.39 is 28.5 Å². The van der Waals surface area contributed by atoms with Gasteiger partial charge < -0.3 is 14.6 Å². The van der Waals surface area contributed by atoms with E-state index in [2.05, 4.69) is 13.8 Å². The topological polar surface area (TPSA) is 110 Å². The number of carbonyl (C=O) groups is 2. The number of hydrogen-bond acceptors (Lipinski definition) is 5. The van der Waals surface area contributed by atoms with Crippen molar-refractivity contribution in [3.8, 4) is 11.5 Å². The van der Waals surface area contributed by atoms with Crippen molar-refractivity contribution in [3.63, 3.8) is 0 Å². The van der Waals surface area contributed by atoms with Crippen molar-refractivity contribution in [2.45, 2.75) is 56.4 Å². The average Bonchev–Trinajstić information content (AvgIpc) is 2.72. The first kappa shape index (κ1) is 23.6. The predicted molar refractivity (Wildman–Crippen MR) is 113 cm³/mol. The number of sulfonamides is 1. The lowest BCUT2D eigenvalue weighted by Gasteiger charge is -2.16. The summed E-state index contributed by atoms with van der Waals surface area (Å²) in [6.07, 6.45) is 3.26. The van der Waals surface area contributed by atoms with E-state index in [9.17, 15) is 18.0 Å². The zero-order valence-corrected chi connectivity index (χ0v) is 17.9. The van der Waals surface area contributed by atoms with Crippen molar-refractivity contribution < 1.29 is 27.9 Å². The standard InChI is InChI=1S/C22H27NO6S/c1-3-4-7-16(2)17-10-12-18(13-11-17)29-20-8-5-6-9-21(20)30(27,28)23-19(14-15-24)22(25)26/h5-6,8-13,15-16,19,23H,3-4,7,14H2,1-2H3,(H,25,26). The molecule has 0 saturated heterocycles. The highest BCUT2D eigenvalue weighted by molar-refractivity contribution is 7.89. The molecule has 2 aromatic rings. The molecule has 2 N–H and O–H groups in total. The molecule has 0 aromatic heterocycles. The Morgan fingerprint density at radius 2 is 1.83 bits per heavy atom. The van der Waals surface area contributed by atoms with Gasteiger partial charge in [0.25, 0.3) is 0 Å². The van der Waals surface area contributed by atoms with E-state index in [1.54, 1.807) is 18.2 Å². The number of aliphatic carboxylic acids is 1. The Morgan fingerprint density at radius 3 is 2.43 bits per heavy atom. The van der Waals surface area contributed by atoms with E-state index in [-0.39, 0.29) is 10.6 Å². The normalized spacial score (nSPS) is 13.4.